The fraction of sp³-hybridized carbons (Fsp3) is 0.0667. The van der Waals surface area contributed by atoms with Gasteiger partial charge in [0.15, 0.2) is 0 Å². The minimum atomic E-state index is -0.173. The van der Waals surface area contributed by atoms with Gasteiger partial charge in [-0.05, 0) is 19.1 Å². The maximum Gasteiger partial charge on any atom is 0.263 e. The van der Waals surface area contributed by atoms with E-state index in [1.165, 1.54) is 17.3 Å². The van der Waals surface area contributed by atoms with Crippen molar-refractivity contribution in [3.8, 4) is 11.3 Å². The van der Waals surface area contributed by atoms with Crippen molar-refractivity contribution in [1.29, 1.82) is 0 Å². The van der Waals surface area contributed by atoms with Gasteiger partial charge in [0.25, 0.3) is 5.91 Å². The fourth-order valence-electron chi connectivity index (χ4n) is 1.85. The van der Waals surface area contributed by atoms with Crippen LogP contribution in [0.1, 0.15) is 11.3 Å². The Morgan fingerprint density at radius 1 is 1.20 bits per heavy atom. The summed E-state index contributed by atoms with van der Waals surface area (Å²) in [5, 5.41) is 2.58. The molecule has 3 nitrogen and oxygen atoms in total. The molecule has 0 saturated carbocycles. The molecule has 20 heavy (non-hydrogen) atoms. The molecule has 1 aromatic heterocycles. The molecule has 3 rings (SSSR count). The summed E-state index contributed by atoms with van der Waals surface area (Å²) in [7, 11) is 0. The Bertz CT molecular complexity index is 714. The quantitative estimate of drug-likeness (QED) is 0.678. The lowest BCUT2D eigenvalue weighted by Crippen LogP contribution is -2.17. The Hall–Kier alpha value is -1.85. The topological polar surface area (TPSA) is 42.2 Å². The molecule has 1 fully saturated rings. The number of thioether (sulfide) groups is 1. The van der Waals surface area contributed by atoms with Crippen molar-refractivity contribution in [2.75, 3.05) is 0 Å². The first-order valence-corrected chi connectivity index (χ1v) is 7.26. The number of carbonyl (C=O) groups is 1. The standard InChI is InChI=1S/C15H11NO2S2/c1-9-2-4-10(5-3-9)12-7-6-11(18-12)8-13-14(17)16-15(19)20-13/h2-8H,1H3,(H,16,17,19). The number of amides is 1. The third kappa shape index (κ3) is 2.69. The molecule has 0 bridgehead atoms. The molecule has 1 aliphatic rings. The molecule has 0 radical (unpaired) electrons. The normalized spacial score (nSPS) is 16.8. The second-order valence-electron chi connectivity index (χ2n) is 4.42. The number of hydrogen-bond acceptors (Lipinski definition) is 4. The van der Waals surface area contributed by atoms with Crippen molar-refractivity contribution in [1.82, 2.24) is 5.32 Å². The van der Waals surface area contributed by atoms with Gasteiger partial charge in [0.1, 0.15) is 15.8 Å². The first-order chi connectivity index (χ1) is 9.61. The Balaban J connectivity index is 1.87. The lowest BCUT2D eigenvalue weighted by Gasteiger charge is -1.97. The summed E-state index contributed by atoms with van der Waals surface area (Å²) in [4.78, 5) is 12.1. The van der Waals surface area contributed by atoms with Gasteiger partial charge >= 0.3 is 0 Å². The molecule has 1 amide bonds. The van der Waals surface area contributed by atoms with E-state index in [2.05, 4.69) is 5.32 Å². The van der Waals surface area contributed by atoms with Crippen LogP contribution in [0.15, 0.2) is 45.7 Å². The van der Waals surface area contributed by atoms with Gasteiger partial charge in [-0.15, -0.1) is 0 Å². The highest BCUT2D eigenvalue weighted by Gasteiger charge is 2.22. The van der Waals surface area contributed by atoms with Crippen molar-refractivity contribution in [2.45, 2.75) is 6.92 Å². The molecule has 0 aliphatic carbocycles. The van der Waals surface area contributed by atoms with E-state index in [0.29, 0.717) is 15.0 Å². The lowest BCUT2D eigenvalue weighted by atomic mass is 10.1. The number of hydrogen-bond donors (Lipinski definition) is 1. The van der Waals surface area contributed by atoms with Crippen LogP contribution >= 0.6 is 24.0 Å². The van der Waals surface area contributed by atoms with Crippen LogP contribution in [0.4, 0.5) is 0 Å². The van der Waals surface area contributed by atoms with Gasteiger partial charge in [-0.3, -0.25) is 4.79 Å². The molecule has 1 saturated heterocycles. The summed E-state index contributed by atoms with van der Waals surface area (Å²) < 4.78 is 6.22. The number of nitrogens with one attached hydrogen (secondary N) is 1. The van der Waals surface area contributed by atoms with E-state index in [9.17, 15) is 4.79 Å². The van der Waals surface area contributed by atoms with Crippen LogP contribution in [0.25, 0.3) is 17.4 Å². The zero-order valence-electron chi connectivity index (χ0n) is 10.7. The number of furan rings is 1. The SMILES string of the molecule is Cc1ccc(-c2ccc(C=C3SC(=S)NC3=O)o2)cc1. The highest BCUT2D eigenvalue weighted by molar-refractivity contribution is 8.26. The fourth-order valence-corrected chi connectivity index (χ4v) is 2.88. The number of benzene rings is 1. The molecule has 2 heterocycles. The van der Waals surface area contributed by atoms with Crippen molar-refractivity contribution >= 4 is 40.3 Å². The summed E-state index contributed by atoms with van der Waals surface area (Å²) in [5.74, 6) is 1.25. The van der Waals surface area contributed by atoms with E-state index in [1.54, 1.807) is 6.08 Å². The Labute approximate surface area is 126 Å². The van der Waals surface area contributed by atoms with Gasteiger partial charge in [0, 0.05) is 11.6 Å². The van der Waals surface area contributed by atoms with E-state index < -0.39 is 0 Å². The van der Waals surface area contributed by atoms with Crippen LogP contribution in [-0.2, 0) is 4.79 Å². The van der Waals surface area contributed by atoms with E-state index in [0.717, 1.165) is 11.3 Å². The third-order valence-electron chi connectivity index (χ3n) is 2.88. The summed E-state index contributed by atoms with van der Waals surface area (Å²) >= 11 is 6.19. The number of thiocarbonyl (C=S) groups is 1. The summed E-state index contributed by atoms with van der Waals surface area (Å²) in [6.45, 7) is 2.04. The van der Waals surface area contributed by atoms with Crippen molar-refractivity contribution in [3.05, 3.63) is 52.6 Å². The second-order valence-corrected chi connectivity index (χ2v) is 6.14. The van der Waals surface area contributed by atoms with Gasteiger partial charge in [-0.25, -0.2) is 0 Å². The first kappa shape index (κ1) is 13.1. The number of rotatable bonds is 2. The Morgan fingerprint density at radius 2 is 1.95 bits per heavy atom. The van der Waals surface area contributed by atoms with E-state index in [4.69, 9.17) is 16.6 Å². The maximum absolute atomic E-state index is 11.6. The average Bonchev–Trinajstić information content (AvgIpc) is 2.98. The van der Waals surface area contributed by atoms with E-state index in [1.807, 2.05) is 43.3 Å². The van der Waals surface area contributed by atoms with Crippen molar-refractivity contribution in [2.24, 2.45) is 0 Å². The first-order valence-electron chi connectivity index (χ1n) is 6.03. The monoisotopic (exact) mass is 301 g/mol. The minimum absolute atomic E-state index is 0.173. The Kier molecular flexibility index (Phi) is 3.46. The number of carbonyl (C=O) groups excluding carboxylic acids is 1. The predicted molar refractivity (Wildman–Crippen MR) is 85.2 cm³/mol. The van der Waals surface area contributed by atoms with Crippen LogP contribution in [0.2, 0.25) is 0 Å². The van der Waals surface area contributed by atoms with Gasteiger partial charge in [0.05, 0.1) is 4.91 Å². The molecule has 0 atom stereocenters. The molecule has 100 valence electrons. The molecule has 2 aromatic rings. The second kappa shape index (κ2) is 5.26. The predicted octanol–water partition coefficient (Wildman–Crippen LogP) is 3.74. The lowest BCUT2D eigenvalue weighted by molar-refractivity contribution is -0.115. The Morgan fingerprint density at radius 3 is 2.60 bits per heavy atom. The van der Waals surface area contributed by atoms with Crippen molar-refractivity contribution in [3.63, 3.8) is 0 Å². The molecule has 0 spiro atoms. The smallest absolute Gasteiger partial charge is 0.263 e. The van der Waals surface area contributed by atoms with E-state index >= 15 is 0 Å². The highest BCUT2D eigenvalue weighted by atomic mass is 32.2. The molecule has 1 N–H and O–H groups in total. The highest BCUT2D eigenvalue weighted by Crippen LogP contribution is 2.28. The molecule has 1 aliphatic heterocycles. The molecule has 5 heteroatoms. The van der Waals surface area contributed by atoms with Crippen LogP contribution < -0.4 is 5.32 Å². The number of aryl methyl sites for hydroxylation is 1. The van der Waals surface area contributed by atoms with Gasteiger partial charge in [0.2, 0.25) is 0 Å². The summed E-state index contributed by atoms with van der Waals surface area (Å²) in [5.41, 5.74) is 2.22. The van der Waals surface area contributed by atoms with Crippen LogP contribution in [0.3, 0.4) is 0 Å². The van der Waals surface area contributed by atoms with E-state index in [-0.39, 0.29) is 5.91 Å². The van der Waals surface area contributed by atoms with Crippen LogP contribution in [0, 0.1) is 6.92 Å². The van der Waals surface area contributed by atoms with Gasteiger partial charge in [-0.2, -0.15) is 0 Å². The molecule has 1 aromatic carbocycles. The zero-order chi connectivity index (χ0) is 14.1. The summed E-state index contributed by atoms with van der Waals surface area (Å²) in [6, 6.07) is 11.8. The third-order valence-corrected chi connectivity index (χ3v) is 4.04. The maximum atomic E-state index is 11.6. The van der Waals surface area contributed by atoms with Gasteiger partial charge < -0.3 is 9.73 Å². The van der Waals surface area contributed by atoms with Crippen LogP contribution in [0.5, 0.6) is 0 Å². The minimum Gasteiger partial charge on any atom is -0.457 e. The largest absolute Gasteiger partial charge is 0.457 e. The molecular formula is C15H11NO2S2. The van der Waals surface area contributed by atoms with Crippen molar-refractivity contribution < 1.29 is 9.21 Å². The van der Waals surface area contributed by atoms with Crippen LogP contribution in [-0.4, -0.2) is 10.2 Å². The molecular weight excluding hydrogens is 290 g/mol. The van der Waals surface area contributed by atoms with Gasteiger partial charge in [-0.1, -0.05) is 53.8 Å². The average molecular weight is 301 g/mol. The summed E-state index contributed by atoms with van der Waals surface area (Å²) in [6.07, 6.45) is 1.71. The molecule has 0 unspecified atom stereocenters. The zero-order valence-corrected chi connectivity index (χ0v) is 12.3.